The molecule has 0 spiro atoms. The molecular weight excluding hydrogens is 428 g/mol. The van der Waals surface area contributed by atoms with Gasteiger partial charge in [-0.2, -0.15) is 0 Å². The van der Waals surface area contributed by atoms with Crippen LogP contribution in [0.15, 0.2) is 48.8 Å². The molecule has 1 saturated heterocycles. The van der Waals surface area contributed by atoms with Crippen LogP contribution in [-0.2, 0) is 11.2 Å². The standard InChI is InChI=1S/C21H21ClN2O5S/c22-14-4-2-11(20-19(28)18(27)17(26)15(10-25)29-20)8-12(14)9-13-3-5-16(30-13)21-23-6-1-7-24-21/h1-8,15,17-20,25-28H,9-10H2/t15-,17-,18+,19-,20+/m1/s1. The molecule has 0 radical (unpaired) electrons. The van der Waals surface area contributed by atoms with Crippen LogP contribution in [0.5, 0.6) is 0 Å². The Morgan fingerprint density at radius 3 is 2.50 bits per heavy atom. The molecule has 2 aromatic heterocycles. The first-order valence-electron chi connectivity index (χ1n) is 9.43. The maximum Gasteiger partial charge on any atom is 0.169 e. The van der Waals surface area contributed by atoms with Gasteiger partial charge in [0.15, 0.2) is 5.82 Å². The fourth-order valence-corrected chi connectivity index (χ4v) is 4.65. The van der Waals surface area contributed by atoms with Crippen molar-refractivity contribution in [3.63, 3.8) is 0 Å². The molecule has 3 aromatic rings. The number of aliphatic hydroxyl groups is 4. The molecule has 30 heavy (non-hydrogen) atoms. The van der Waals surface area contributed by atoms with Crippen molar-refractivity contribution in [3.05, 3.63) is 69.8 Å². The number of hydrogen-bond donors (Lipinski definition) is 4. The van der Waals surface area contributed by atoms with Crippen LogP contribution < -0.4 is 0 Å². The minimum atomic E-state index is -1.43. The molecule has 9 heteroatoms. The van der Waals surface area contributed by atoms with Crippen LogP contribution in [0.25, 0.3) is 10.7 Å². The second-order valence-corrected chi connectivity index (χ2v) is 8.69. The second-order valence-electron chi connectivity index (χ2n) is 7.12. The van der Waals surface area contributed by atoms with E-state index in [0.717, 1.165) is 15.3 Å². The zero-order valence-corrected chi connectivity index (χ0v) is 17.4. The third kappa shape index (κ3) is 4.26. The highest BCUT2D eigenvalue weighted by molar-refractivity contribution is 7.15. The fraction of sp³-hybridized carbons (Fsp3) is 0.333. The third-order valence-corrected chi connectivity index (χ3v) is 6.55. The third-order valence-electron chi connectivity index (χ3n) is 5.10. The minimum Gasteiger partial charge on any atom is -0.394 e. The van der Waals surface area contributed by atoms with Crippen molar-refractivity contribution in [2.75, 3.05) is 6.61 Å². The summed E-state index contributed by atoms with van der Waals surface area (Å²) >= 11 is 7.97. The van der Waals surface area contributed by atoms with E-state index in [2.05, 4.69) is 9.97 Å². The summed E-state index contributed by atoms with van der Waals surface area (Å²) in [6.45, 7) is -0.471. The second kappa shape index (κ2) is 9.07. The van der Waals surface area contributed by atoms with Gasteiger partial charge in [-0.05, 0) is 35.4 Å². The van der Waals surface area contributed by atoms with E-state index in [1.807, 2.05) is 18.2 Å². The summed E-state index contributed by atoms with van der Waals surface area (Å²) in [5.41, 5.74) is 1.43. The maximum atomic E-state index is 10.4. The van der Waals surface area contributed by atoms with E-state index in [1.54, 1.807) is 41.9 Å². The summed E-state index contributed by atoms with van der Waals surface area (Å²) in [6, 6.07) is 11.0. The predicted octanol–water partition coefficient (Wildman–Crippen LogP) is 1.96. The van der Waals surface area contributed by atoms with Crippen molar-refractivity contribution in [2.45, 2.75) is 36.9 Å². The van der Waals surface area contributed by atoms with Gasteiger partial charge in [0.1, 0.15) is 30.5 Å². The summed E-state index contributed by atoms with van der Waals surface area (Å²) in [4.78, 5) is 10.5. The molecule has 0 saturated carbocycles. The smallest absolute Gasteiger partial charge is 0.169 e. The monoisotopic (exact) mass is 448 g/mol. The Bertz CT molecular complexity index is 1000. The number of thiophene rings is 1. The van der Waals surface area contributed by atoms with E-state index >= 15 is 0 Å². The van der Waals surface area contributed by atoms with E-state index in [0.29, 0.717) is 22.8 Å². The average Bonchev–Trinajstić information content (AvgIpc) is 3.23. The Balaban J connectivity index is 1.57. The van der Waals surface area contributed by atoms with Gasteiger partial charge in [0.25, 0.3) is 0 Å². The van der Waals surface area contributed by atoms with Gasteiger partial charge in [0.05, 0.1) is 11.5 Å². The van der Waals surface area contributed by atoms with Crippen LogP contribution in [0.3, 0.4) is 0 Å². The first-order chi connectivity index (χ1) is 14.5. The van der Waals surface area contributed by atoms with Gasteiger partial charge < -0.3 is 25.2 Å². The number of aromatic nitrogens is 2. The van der Waals surface area contributed by atoms with Gasteiger partial charge >= 0.3 is 0 Å². The van der Waals surface area contributed by atoms with Crippen molar-refractivity contribution in [3.8, 4) is 10.7 Å². The Morgan fingerprint density at radius 1 is 1.00 bits per heavy atom. The lowest BCUT2D eigenvalue weighted by Crippen LogP contribution is -2.55. The lowest BCUT2D eigenvalue weighted by molar-refractivity contribution is -0.231. The van der Waals surface area contributed by atoms with Crippen molar-refractivity contribution in [2.24, 2.45) is 0 Å². The minimum absolute atomic E-state index is 0.471. The number of benzene rings is 1. The molecule has 3 heterocycles. The van der Waals surface area contributed by atoms with Gasteiger partial charge in [-0.1, -0.05) is 23.7 Å². The summed E-state index contributed by atoms with van der Waals surface area (Å²) in [7, 11) is 0. The van der Waals surface area contributed by atoms with Crippen LogP contribution >= 0.6 is 22.9 Å². The first-order valence-corrected chi connectivity index (χ1v) is 10.6. The first kappa shape index (κ1) is 21.3. The van der Waals surface area contributed by atoms with E-state index in [9.17, 15) is 20.4 Å². The van der Waals surface area contributed by atoms with Gasteiger partial charge in [0.2, 0.25) is 0 Å². The lowest BCUT2D eigenvalue weighted by Gasteiger charge is -2.40. The summed E-state index contributed by atoms with van der Waals surface area (Å²) in [5.74, 6) is 0.662. The molecule has 0 unspecified atom stereocenters. The van der Waals surface area contributed by atoms with Crippen LogP contribution in [0.2, 0.25) is 5.02 Å². The van der Waals surface area contributed by atoms with Gasteiger partial charge in [-0.15, -0.1) is 11.3 Å². The molecule has 7 nitrogen and oxygen atoms in total. The molecule has 1 aliphatic rings. The molecule has 1 aromatic carbocycles. The molecule has 5 atom stereocenters. The largest absolute Gasteiger partial charge is 0.394 e. The molecule has 1 fully saturated rings. The SMILES string of the molecule is OC[C@H]1O[C@@H](c2ccc(Cl)c(Cc3ccc(-c4ncccn4)s3)c2)[C@H](O)[C@@H](O)[C@@H]1O. The Labute approximate surface area is 182 Å². The van der Waals surface area contributed by atoms with Crippen LogP contribution in [-0.4, -0.2) is 61.4 Å². The number of nitrogens with zero attached hydrogens (tertiary/aromatic N) is 2. The van der Waals surface area contributed by atoms with Gasteiger partial charge in [-0.25, -0.2) is 9.97 Å². The highest BCUT2D eigenvalue weighted by Crippen LogP contribution is 2.35. The highest BCUT2D eigenvalue weighted by atomic mass is 35.5. The fourth-order valence-electron chi connectivity index (χ4n) is 3.49. The Hall–Kier alpha value is -1.91. The number of halogens is 1. The number of aliphatic hydroxyl groups excluding tert-OH is 4. The molecular formula is C21H21ClN2O5S. The molecule has 0 aliphatic carbocycles. The van der Waals surface area contributed by atoms with Crippen molar-refractivity contribution < 1.29 is 25.2 Å². The zero-order valence-electron chi connectivity index (χ0n) is 15.8. The van der Waals surface area contributed by atoms with E-state index in [4.69, 9.17) is 16.3 Å². The molecule has 0 bridgehead atoms. The summed E-state index contributed by atoms with van der Waals surface area (Å²) < 4.78 is 5.66. The van der Waals surface area contributed by atoms with Crippen LogP contribution in [0, 0.1) is 0 Å². The quantitative estimate of drug-likeness (QED) is 0.471. The molecule has 1 aliphatic heterocycles. The van der Waals surface area contributed by atoms with Crippen molar-refractivity contribution in [1.29, 1.82) is 0 Å². The van der Waals surface area contributed by atoms with E-state index in [-0.39, 0.29) is 0 Å². The van der Waals surface area contributed by atoms with Crippen LogP contribution in [0.1, 0.15) is 22.1 Å². The van der Waals surface area contributed by atoms with Crippen molar-refractivity contribution >= 4 is 22.9 Å². The summed E-state index contributed by atoms with van der Waals surface area (Å²) in [5, 5.41) is 40.4. The number of ether oxygens (including phenoxy) is 1. The zero-order chi connectivity index (χ0) is 21.3. The van der Waals surface area contributed by atoms with Crippen molar-refractivity contribution in [1.82, 2.24) is 9.97 Å². The molecule has 4 rings (SSSR count). The Kier molecular flexibility index (Phi) is 6.45. The predicted molar refractivity (Wildman–Crippen MR) is 112 cm³/mol. The average molecular weight is 449 g/mol. The number of rotatable bonds is 5. The molecule has 0 amide bonds. The van der Waals surface area contributed by atoms with Gasteiger partial charge in [0, 0.05) is 28.7 Å². The van der Waals surface area contributed by atoms with E-state index in [1.165, 1.54) is 0 Å². The Morgan fingerprint density at radius 2 is 1.77 bits per heavy atom. The topological polar surface area (TPSA) is 116 Å². The highest BCUT2D eigenvalue weighted by Gasteiger charge is 2.44. The summed E-state index contributed by atoms with van der Waals surface area (Å²) in [6.07, 6.45) is -2.05. The van der Waals surface area contributed by atoms with E-state index < -0.39 is 37.1 Å². The normalized spacial score (nSPS) is 26.6. The molecule has 4 N–H and O–H groups in total. The number of hydrogen-bond acceptors (Lipinski definition) is 8. The molecule has 158 valence electrons. The maximum absolute atomic E-state index is 10.4. The van der Waals surface area contributed by atoms with Crippen LogP contribution in [0.4, 0.5) is 0 Å². The lowest BCUT2D eigenvalue weighted by atomic mass is 9.90. The van der Waals surface area contributed by atoms with Gasteiger partial charge in [-0.3, -0.25) is 0 Å².